The number of anilines is 1. The molecule has 0 saturated carbocycles. The highest BCUT2D eigenvalue weighted by atomic mass is 16.6. The van der Waals surface area contributed by atoms with Crippen LogP contribution in [0.25, 0.3) is 16.6 Å². The van der Waals surface area contributed by atoms with E-state index in [1.165, 1.54) is 4.90 Å². The molecule has 2 aliphatic rings. The molecule has 8 heteroatoms. The molecule has 0 aromatic carbocycles. The lowest BCUT2D eigenvalue weighted by atomic mass is 9.85. The first kappa shape index (κ1) is 20.0. The van der Waals surface area contributed by atoms with Crippen molar-refractivity contribution in [3.05, 3.63) is 46.8 Å². The number of aliphatic hydroxyl groups is 1. The molecule has 2 aromatic rings. The number of aromatic nitrogens is 2. The van der Waals surface area contributed by atoms with Crippen LogP contribution < -0.4 is 4.90 Å². The Morgan fingerprint density at radius 2 is 2.17 bits per heavy atom. The van der Waals surface area contributed by atoms with Gasteiger partial charge in [-0.05, 0) is 42.7 Å². The van der Waals surface area contributed by atoms with Crippen molar-refractivity contribution < 1.29 is 19.4 Å². The maximum absolute atomic E-state index is 12.3. The van der Waals surface area contributed by atoms with Gasteiger partial charge in [0.1, 0.15) is 12.4 Å². The molecule has 1 unspecified atom stereocenters. The van der Waals surface area contributed by atoms with Gasteiger partial charge in [-0.1, -0.05) is 6.92 Å². The van der Waals surface area contributed by atoms with Gasteiger partial charge in [0.15, 0.2) is 5.60 Å². The third-order valence-electron chi connectivity index (χ3n) is 5.70. The number of fused-ring (bicyclic) bond motifs is 2. The maximum atomic E-state index is 12.3. The van der Waals surface area contributed by atoms with Crippen molar-refractivity contribution in [1.29, 1.82) is 0 Å². The van der Waals surface area contributed by atoms with Crippen LogP contribution >= 0.6 is 0 Å². The normalized spacial score (nSPS) is 22.5. The highest BCUT2D eigenvalue weighted by molar-refractivity contribution is 5.94. The SMILES string of the molecule is CCC1(O)C(=O)OCC(C)=C1C=C1c2nc3ccnc(N(C)C)c3cc2CN1C=O. The summed E-state index contributed by atoms with van der Waals surface area (Å²) in [5.41, 5.74) is 2.31. The van der Waals surface area contributed by atoms with Crippen LogP contribution in [0, 0.1) is 0 Å². The minimum Gasteiger partial charge on any atom is -0.459 e. The van der Waals surface area contributed by atoms with Gasteiger partial charge in [-0.3, -0.25) is 4.79 Å². The number of nitrogens with zero attached hydrogens (tertiary/aromatic N) is 4. The molecule has 0 aliphatic carbocycles. The molecule has 2 aliphatic heterocycles. The summed E-state index contributed by atoms with van der Waals surface area (Å²) in [4.78, 5) is 36.8. The van der Waals surface area contributed by atoms with Crippen LogP contribution in [0.3, 0.4) is 0 Å². The molecule has 4 heterocycles. The van der Waals surface area contributed by atoms with E-state index < -0.39 is 11.6 Å². The molecular formula is C22H24N4O4. The first-order valence-corrected chi connectivity index (χ1v) is 9.80. The summed E-state index contributed by atoms with van der Waals surface area (Å²) in [6.45, 7) is 4.00. The number of hydrogen-bond donors (Lipinski definition) is 1. The molecular weight excluding hydrogens is 384 g/mol. The van der Waals surface area contributed by atoms with Crippen molar-refractivity contribution in [3.8, 4) is 0 Å². The largest absolute Gasteiger partial charge is 0.459 e. The fourth-order valence-electron chi connectivity index (χ4n) is 4.02. The molecule has 156 valence electrons. The Labute approximate surface area is 174 Å². The van der Waals surface area contributed by atoms with Gasteiger partial charge in [0.25, 0.3) is 0 Å². The number of pyridine rings is 2. The van der Waals surface area contributed by atoms with Crippen LogP contribution in [-0.4, -0.2) is 58.7 Å². The zero-order chi connectivity index (χ0) is 21.6. The quantitative estimate of drug-likeness (QED) is 0.611. The molecule has 4 rings (SSSR count). The minimum absolute atomic E-state index is 0.108. The number of carbonyl (C=O) groups excluding carboxylic acids is 2. The summed E-state index contributed by atoms with van der Waals surface area (Å²) >= 11 is 0. The monoisotopic (exact) mass is 408 g/mol. The molecule has 0 bridgehead atoms. The van der Waals surface area contributed by atoms with Crippen LogP contribution in [0.4, 0.5) is 5.82 Å². The number of hydrogen-bond acceptors (Lipinski definition) is 7. The van der Waals surface area contributed by atoms with Crippen molar-refractivity contribution in [2.24, 2.45) is 0 Å². The van der Waals surface area contributed by atoms with Crippen LogP contribution in [0.5, 0.6) is 0 Å². The van der Waals surface area contributed by atoms with E-state index in [1.54, 1.807) is 19.2 Å². The summed E-state index contributed by atoms with van der Waals surface area (Å²) in [6.07, 6.45) is 4.31. The molecule has 0 spiro atoms. The average Bonchev–Trinajstić information content (AvgIpc) is 3.08. The zero-order valence-electron chi connectivity index (χ0n) is 17.5. The van der Waals surface area contributed by atoms with E-state index in [0.29, 0.717) is 23.5 Å². The number of ether oxygens (including phenoxy) is 1. The average molecular weight is 408 g/mol. The summed E-state index contributed by atoms with van der Waals surface area (Å²) < 4.78 is 5.12. The van der Waals surface area contributed by atoms with E-state index in [9.17, 15) is 14.7 Å². The number of cyclic esters (lactones) is 1. The third kappa shape index (κ3) is 2.95. The summed E-state index contributed by atoms with van der Waals surface area (Å²) in [5, 5.41) is 11.9. The molecule has 0 fully saturated rings. The Kier molecular flexibility index (Phi) is 4.82. The highest BCUT2D eigenvalue weighted by Gasteiger charge is 2.43. The molecule has 1 amide bonds. The summed E-state index contributed by atoms with van der Waals surface area (Å²) in [5.74, 6) is 0.123. The van der Waals surface area contributed by atoms with Gasteiger partial charge in [-0.2, -0.15) is 0 Å². The van der Waals surface area contributed by atoms with E-state index in [-0.39, 0.29) is 13.0 Å². The summed E-state index contributed by atoms with van der Waals surface area (Å²) in [7, 11) is 3.84. The van der Waals surface area contributed by atoms with Gasteiger partial charge >= 0.3 is 5.97 Å². The second-order valence-electron chi connectivity index (χ2n) is 7.84. The standard InChI is InChI=1S/C22H24N4O4/c1-5-22(29)16(13(2)11-30-21(22)28)9-18-19-14(10-26(18)12-27)8-15-17(24-19)6-7-23-20(15)25(3)4/h6-9,12,29H,5,10-11H2,1-4H3. The second-order valence-corrected chi connectivity index (χ2v) is 7.84. The van der Waals surface area contributed by atoms with Crippen LogP contribution in [0.2, 0.25) is 0 Å². The molecule has 0 radical (unpaired) electrons. The Morgan fingerprint density at radius 3 is 2.83 bits per heavy atom. The number of rotatable bonds is 4. The predicted molar refractivity (Wildman–Crippen MR) is 112 cm³/mol. The predicted octanol–water partition coefficient (Wildman–Crippen LogP) is 2.02. The van der Waals surface area contributed by atoms with Gasteiger partial charge in [0, 0.05) is 31.2 Å². The third-order valence-corrected chi connectivity index (χ3v) is 5.70. The number of esters is 1. The summed E-state index contributed by atoms with van der Waals surface area (Å²) in [6, 6.07) is 3.83. The smallest absolute Gasteiger partial charge is 0.343 e. The maximum Gasteiger partial charge on any atom is 0.343 e. The van der Waals surface area contributed by atoms with Crippen molar-refractivity contribution >= 4 is 34.8 Å². The van der Waals surface area contributed by atoms with Gasteiger partial charge < -0.3 is 19.6 Å². The lowest BCUT2D eigenvalue weighted by molar-refractivity contribution is -0.162. The molecule has 1 N–H and O–H groups in total. The Morgan fingerprint density at radius 1 is 1.40 bits per heavy atom. The molecule has 2 aromatic heterocycles. The Balaban J connectivity index is 1.92. The van der Waals surface area contributed by atoms with Crippen LogP contribution in [0.15, 0.2) is 35.6 Å². The topological polar surface area (TPSA) is 95.9 Å². The minimum atomic E-state index is -1.74. The molecule has 30 heavy (non-hydrogen) atoms. The van der Waals surface area contributed by atoms with E-state index in [4.69, 9.17) is 9.72 Å². The van der Waals surface area contributed by atoms with Gasteiger partial charge in [0.05, 0.1) is 23.5 Å². The van der Waals surface area contributed by atoms with Crippen molar-refractivity contribution in [3.63, 3.8) is 0 Å². The number of amides is 1. The fourth-order valence-corrected chi connectivity index (χ4v) is 4.02. The first-order valence-electron chi connectivity index (χ1n) is 9.80. The zero-order valence-corrected chi connectivity index (χ0v) is 17.5. The van der Waals surface area contributed by atoms with Crippen molar-refractivity contribution in [1.82, 2.24) is 14.9 Å². The lowest BCUT2D eigenvalue weighted by Crippen LogP contribution is -2.45. The van der Waals surface area contributed by atoms with Crippen molar-refractivity contribution in [2.75, 3.05) is 25.6 Å². The van der Waals surface area contributed by atoms with Crippen LogP contribution in [-0.2, 0) is 20.9 Å². The van der Waals surface area contributed by atoms with Crippen molar-refractivity contribution in [2.45, 2.75) is 32.4 Å². The number of carbonyl (C=O) groups is 2. The van der Waals surface area contributed by atoms with E-state index >= 15 is 0 Å². The van der Waals surface area contributed by atoms with Gasteiger partial charge in [-0.15, -0.1) is 0 Å². The lowest BCUT2D eigenvalue weighted by Gasteiger charge is -2.32. The molecule has 0 saturated heterocycles. The highest BCUT2D eigenvalue weighted by Crippen LogP contribution is 2.38. The Hall–Kier alpha value is -3.26. The first-order chi connectivity index (χ1) is 14.3. The molecule has 1 atom stereocenters. The van der Waals surface area contributed by atoms with E-state index in [1.807, 2.05) is 38.1 Å². The van der Waals surface area contributed by atoms with Gasteiger partial charge in [0.2, 0.25) is 6.41 Å². The fraction of sp³-hybridized carbons (Fsp3) is 0.364. The van der Waals surface area contributed by atoms with Crippen LogP contribution in [0.1, 0.15) is 31.5 Å². The molecule has 8 nitrogen and oxygen atoms in total. The van der Waals surface area contributed by atoms with E-state index in [2.05, 4.69) is 4.98 Å². The second kappa shape index (κ2) is 7.21. The van der Waals surface area contributed by atoms with Gasteiger partial charge in [-0.25, -0.2) is 14.8 Å². The Bertz CT molecular complexity index is 1120. The van der Waals surface area contributed by atoms with E-state index in [0.717, 1.165) is 34.3 Å².